The van der Waals surface area contributed by atoms with Gasteiger partial charge in [-0.3, -0.25) is 28.2 Å². The summed E-state index contributed by atoms with van der Waals surface area (Å²) in [5, 5.41) is -0.950. The number of alkyl halides is 8. The van der Waals surface area contributed by atoms with E-state index in [9.17, 15) is 86.4 Å². The Bertz CT molecular complexity index is 3180. The van der Waals surface area contributed by atoms with Gasteiger partial charge in [0.25, 0.3) is 5.24 Å². The molecular formula is C48H65Br2ClF6Na4O26S4. The van der Waals surface area contributed by atoms with Crippen LogP contribution in [0.3, 0.4) is 0 Å². The van der Waals surface area contributed by atoms with Crippen molar-refractivity contribution < 1.29 is 206 Å². The number of rotatable bonds is 13. The van der Waals surface area contributed by atoms with Gasteiger partial charge in [-0.2, -0.15) is 43.2 Å². The second kappa shape index (κ2) is 32.4. The molecule has 26 nitrogen and oxygen atoms in total. The molecule has 4 saturated heterocycles. The van der Waals surface area contributed by atoms with E-state index in [1.807, 2.05) is 20.8 Å². The third kappa shape index (κ3) is 16.6. The quantitative estimate of drug-likeness (QED) is 0.0301. The Labute approximate surface area is 619 Å². The van der Waals surface area contributed by atoms with Crippen LogP contribution in [-0.4, -0.2) is 209 Å². The van der Waals surface area contributed by atoms with Crippen molar-refractivity contribution in [3.8, 4) is 0 Å². The van der Waals surface area contributed by atoms with Crippen molar-refractivity contribution in [2.75, 3.05) is 31.8 Å². The predicted octanol–water partition coefficient (Wildman–Crippen LogP) is -2.12. The van der Waals surface area contributed by atoms with Gasteiger partial charge in [0, 0.05) is 38.1 Å². The van der Waals surface area contributed by atoms with Gasteiger partial charge in [-0.1, -0.05) is 71.3 Å². The molecule has 4 saturated carbocycles. The van der Waals surface area contributed by atoms with E-state index in [0.29, 0.717) is 43.9 Å². The average Bonchev–Trinajstić information content (AvgIpc) is 1.56. The SMILES string of the molecule is CC12CCC(C(=O)Cl)(OC1=O)C2(C)C.CC12CCC(C(=O)OCC(F)(F)Br)(OC1=O)C2(C)C.CC12CCC(C(=O)OCC(F)(F)S(=O)(=O)[O-])(OC1=O)C2(C)C.CC12CCC(C(=O)OCC(F)(F)S(=O)[O-])(OC1=O)C2(C)C.O.O=S(=O)=S(=O)=O.OCCBr.[Na+].[Na+].[Na][Na]. The number of carbonyl (C=O) groups is 8. The molecule has 8 aliphatic rings. The van der Waals surface area contributed by atoms with Crippen molar-refractivity contribution in [3.63, 3.8) is 0 Å². The fourth-order valence-electron chi connectivity index (χ4n) is 11.7. The van der Waals surface area contributed by atoms with Crippen LogP contribution >= 0.6 is 43.5 Å². The summed E-state index contributed by atoms with van der Waals surface area (Å²) in [5.41, 5.74) is -12.3. The number of esters is 7. The van der Waals surface area contributed by atoms with Crippen LogP contribution < -0.4 is 59.1 Å². The molecule has 0 amide bonds. The van der Waals surface area contributed by atoms with Crippen molar-refractivity contribution in [3.05, 3.63) is 0 Å². The number of hydrogen-bond donors (Lipinski definition) is 1. The van der Waals surface area contributed by atoms with Crippen LogP contribution in [-0.2, 0) is 111 Å². The molecule has 0 radical (unpaired) electrons. The van der Waals surface area contributed by atoms with Crippen molar-refractivity contribution in [2.45, 2.75) is 172 Å². The van der Waals surface area contributed by atoms with Gasteiger partial charge in [0.15, 0.2) is 35.5 Å². The van der Waals surface area contributed by atoms with E-state index in [-0.39, 0.29) is 90.0 Å². The van der Waals surface area contributed by atoms with Crippen LogP contribution in [0, 0.1) is 43.3 Å². The molecule has 8 rings (SSSR count). The molecule has 504 valence electrons. The van der Waals surface area contributed by atoms with Crippen molar-refractivity contribution >= 4 is 174 Å². The van der Waals surface area contributed by atoms with E-state index in [4.69, 9.17) is 52.5 Å². The summed E-state index contributed by atoms with van der Waals surface area (Å²) in [6.07, 6.45) is 2.93. The molecule has 0 aromatic heterocycles. The number of halogens is 9. The summed E-state index contributed by atoms with van der Waals surface area (Å²) in [6.45, 7) is 16.1. The first-order chi connectivity index (χ1) is 39.4. The minimum atomic E-state index is -5.96. The van der Waals surface area contributed by atoms with Crippen LogP contribution in [0.25, 0.3) is 0 Å². The number of fused-ring (bicyclic) bond motifs is 8. The standard InChI is InChI=1S/C12H15BrF2O4.C12H16F2O7S.C12H16F2O6S.C10H13ClO3.C2H5BrO.4Na.O4S2.H2O/c1-9(2)10(3)4-5-11(9,19-7(10)16)8(17)18-6-12(13,14)15;1-9(2)10(3)4-5-11(9,21-7(10)15)8(16)20-6-12(13,14)22(17,18)19;1-9(2)10(3)4-5-11(9,20-7(10)15)8(16)19-6-12(13,14)21(17)18;1-8(2)9(3)4-5-10(8,6(11)12)14-7(9)13;3-1-2-4;;;;;1-5(2)6(3)4;/h4-6H2,1-3H3;4-6H2,1-3H3,(H,17,18,19);4-6H2,1-3H3,(H,17,18);4-5H2,1-3H3;4H,1-2H2;;;;;;1H2/q;;;;;;;2*+1;;/p-2. The summed E-state index contributed by atoms with van der Waals surface area (Å²) < 4.78 is 200. The molecule has 0 spiro atoms. The monoisotopic (exact) mass is 1580 g/mol. The normalized spacial score (nSPS) is 31.5. The van der Waals surface area contributed by atoms with Gasteiger partial charge >= 0.3 is 178 Å². The van der Waals surface area contributed by atoms with Crippen molar-refractivity contribution in [2.24, 2.45) is 43.3 Å². The first-order valence-electron chi connectivity index (χ1n) is 26.3. The van der Waals surface area contributed by atoms with Crippen LogP contribution in [0.5, 0.6) is 0 Å². The molecule has 43 heteroatoms. The van der Waals surface area contributed by atoms with E-state index in [2.05, 4.69) is 46.1 Å². The summed E-state index contributed by atoms with van der Waals surface area (Å²) >= 11 is 9.85. The summed E-state index contributed by atoms with van der Waals surface area (Å²) in [6, 6.07) is 0. The molecule has 8 bridgehead atoms. The molecule has 3 N–H and O–H groups in total. The number of aliphatic hydroxyl groups is 1. The zero-order valence-electron chi connectivity index (χ0n) is 52.5. The summed E-state index contributed by atoms with van der Waals surface area (Å²) in [7, 11) is -11.9. The van der Waals surface area contributed by atoms with Crippen LogP contribution in [0.15, 0.2) is 0 Å². The van der Waals surface area contributed by atoms with Gasteiger partial charge in [0.05, 0.1) is 28.3 Å². The topological polar surface area (TPSA) is 419 Å². The zero-order valence-corrected chi connectivity index (χ0v) is 67.7. The van der Waals surface area contributed by atoms with Crippen LogP contribution in [0.4, 0.5) is 26.3 Å². The predicted molar refractivity (Wildman–Crippen MR) is 300 cm³/mol. The molecule has 9 unspecified atom stereocenters. The first kappa shape index (κ1) is 93.4. The second-order valence-corrected chi connectivity index (χ2v) is 31.4. The molecule has 9 atom stereocenters. The fourth-order valence-corrected chi connectivity index (χ4v) is 12.6. The Morgan fingerprint density at radius 3 is 0.956 bits per heavy atom. The van der Waals surface area contributed by atoms with Crippen molar-refractivity contribution in [1.29, 1.82) is 0 Å². The van der Waals surface area contributed by atoms with Gasteiger partial charge in [-0.25, -0.2) is 22.8 Å². The Hall–Kier alpha value is 0.370. The number of aliphatic hydroxyl groups excluding tert-OH is 1. The van der Waals surface area contributed by atoms with Gasteiger partial charge in [-0.05, 0) is 107 Å². The fraction of sp³-hybridized carbons (Fsp3) is 0.833. The maximum absolute atomic E-state index is 13.1. The molecule has 0 aromatic carbocycles. The van der Waals surface area contributed by atoms with Gasteiger partial charge in [-0.15, -0.1) is 0 Å². The van der Waals surface area contributed by atoms with E-state index in [1.54, 1.807) is 62.3 Å². The first-order valence-corrected chi connectivity index (χ1v) is 41.7. The number of ether oxygens (including phenoxy) is 7. The molecule has 4 aliphatic carbocycles. The van der Waals surface area contributed by atoms with Crippen LogP contribution in [0.2, 0.25) is 0 Å². The van der Waals surface area contributed by atoms with Gasteiger partial charge < -0.3 is 52.8 Å². The van der Waals surface area contributed by atoms with E-state index in [1.165, 1.54) is 43.6 Å². The average molecular weight is 1590 g/mol. The third-order valence-corrected chi connectivity index (χ3v) is 22.8. The molecule has 4 aliphatic heterocycles. The van der Waals surface area contributed by atoms with E-state index in [0.717, 1.165) is 0 Å². The molecule has 4 heterocycles. The Kier molecular flexibility index (Phi) is 33.2. The minimum absolute atomic E-state index is 0. The molecule has 8 fully saturated rings. The second-order valence-electron chi connectivity index (χ2n) is 24.1. The Morgan fingerprint density at radius 1 is 0.560 bits per heavy atom. The maximum atomic E-state index is 13.1. The molecule has 0 aromatic rings. The van der Waals surface area contributed by atoms with Crippen LogP contribution in [0.1, 0.15) is 134 Å². The number of carbonyl (C=O) groups excluding carboxylic acids is 8. The number of hydrogen-bond acceptors (Lipinski definition) is 25. The van der Waals surface area contributed by atoms with Gasteiger partial charge in [0.1, 0.15) is 0 Å². The van der Waals surface area contributed by atoms with Gasteiger partial charge in [0.2, 0.25) is 16.8 Å². The molecular weight excluding hydrogens is 1520 g/mol. The van der Waals surface area contributed by atoms with E-state index >= 15 is 0 Å². The Balaban J connectivity index is 0. The van der Waals surface area contributed by atoms with E-state index < -0.39 is 182 Å². The summed E-state index contributed by atoms with van der Waals surface area (Å²) in [5.74, 6) is -5.26. The van der Waals surface area contributed by atoms with Crippen molar-refractivity contribution in [1.82, 2.24) is 0 Å². The molecule has 91 heavy (non-hydrogen) atoms. The Morgan fingerprint density at radius 2 is 0.791 bits per heavy atom. The third-order valence-electron chi connectivity index (χ3n) is 19.6. The zero-order chi connectivity index (χ0) is 69.5. The summed E-state index contributed by atoms with van der Waals surface area (Å²) in [4.78, 5) is 92.0.